The molecule has 3 rings (SSSR count). The van der Waals surface area contributed by atoms with E-state index in [9.17, 15) is 4.79 Å². The van der Waals surface area contributed by atoms with Crippen molar-refractivity contribution in [2.45, 2.75) is 19.4 Å². The molecule has 0 saturated carbocycles. The zero-order valence-corrected chi connectivity index (χ0v) is 10.3. The summed E-state index contributed by atoms with van der Waals surface area (Å²) in [6, 6.07) is 16.5. The van der Waals surface area contributed by atoms with Crippen molar-refractivity contribution in [3.63, 3.8) is 0 Å². The third-order valence-electron chi connectivity index (χ3n) is 3.40. The van der Waals surface area contributed by atoms with E-state index in [4.69, 9.17) is 0 Å². The minimum atomic E-state index is -0.0117. The van der Waals surface area contributed by atoms with Gasteiger partial charge in [-0.25, -0.2) is 0 Å². The number of hydrogen-bond donors (Lipinski definition) is 1. The van der Waals surface area contributed by atoms with Gasteiger partial charge in [-0.05, 0) is 23.6 Å². The summed E-state index contributed by atoms with van der Waals surface area (Å²) < 4.78 is 0. The molecule has 0 fully saturated rings. The van der Waals surface area contributed by atoms with E-state index in [0.29, 0.717) is 6.42 Å². The van der Waals surface area contributed by atoms with Crippen LogP contribution in [0.25, 0.3) is 0 Å². The van der Waals surface area contributed by atoms with E-state index in [1.807, 2.05) is 24.3 Å². The lowest BCUT2D eigenvalue weighted by Gasteiger charge is -2.27. The summed E-state index contributed by atoms with van der Waals surface area (Å²) in [5, 5.41) is 3.08. The van der Waals surface area contributed by atoms with Crippen molar-refractivity contribution < 1.29 is 4.79 Å². The van der Waals surface area contributed by atoms with E-state index in [1.165, 1.54) is 11.1 Å². The van der Waals surface area contributed by atoms with Crippen molar-refractivity contribution >= 4 is 5.91 Å². The molecule has 18 heavy (non-hydrogen) atoms. The van der Waals surface area contributed by atoms with Crippen LogP contribution >= 0.6 is 0 Å². The van der Waals surface area contributed by atoms with E-state index in [0.717, 1.165) is 11.1 Å². The molecular formula is C16H15NO. The first-order chi connectivity index (χ1) is 8.74. The van der Waals surface area contributed by atoms with Gasteiger partial charge in [0.1, 0.15) is 0 Å². The molecule has 1 amide bonds. The summed E-state index contributed by atoms with van der Waals surface area (Å²) in [5.41, 5.74) is 4.70. The second-order valence-corrected chi connectivity index (χ2v) is 4.79. The molecule has 0 aromatic heterocycles. The Morgan fingerprint density at radius 3 is 2.78 bits per heavy atom. The minimum Gasteiger partial charge on any atom is -0.345 e. The highest BCUT2D eigenvalue weighted by molar-refractivity contribution is 5.82. The lowest BCUT2D eigenvalue weighted by Crippen LogP contribution is -2.35. The minimum absolute atomic E-state index is 0.0117. The molecule has 1 unspecified atom stereocenters. The molecule has 1 N–H and O–H groups in total. The average Bonchev–Trinajstić information content (AvgIpc) is 2.37. The number of amides is 1. The van der Waals surface area contributed by atoms with Crippen LogP contribution in [0, 0.1) is 6.92 Å². The van der Waals surface area contributed by atoms with E-state index >= 15 is 0 Å². The molecule has 90 valence electrons. The van der Waals surface area contributed by atoms with Gasteiger partial charge in [-0.1, -0.05) is 54.1 Å². The molecule has 2 aromatic rings. The SMILES string of the molecule is Cc1cccc(C2NC(=O)Cc3ccccc32)c1. The second-order valence-electron chi connectivity index (χ2n) is 4.79. The molecule has 2 nitrogen and oxygen atoms in total. The van der Waals surface area contributed by atoms with Gasteiger partial charge in [0.2, 0.25) is 5.91 Å². The fourth-order valence-corrected chi connectivity index (χ4v) is 2.55. The van der Waals surface area contributed by atoms with Crippen LogP contribution in [0.5, 0.6) is 0 Å². The number of carbonyl (C=O) groups is 1. The summed E-state index contributed by atoms with van der Waals surface area (Å²) in [6.45, 7) is 2.07. The molecule has 0 radical (unpaired) electrons. The normalized spacial score (nSPS) is 18.1. The first-order valence-corrected chi connectivity index (χ1v) is 6.18. The fourth-order valence-electron chi connectivity index (χ4n) is 2.55. The van der Waals surface area contributed by atoms with Crippen molar-refractivity contribution in [2.75, 3.05) is 0 Å². The van der Waals surface area contributed by atoms with Crippen molar-refractivity contribution in [2.24, 2.45) is 0 Å². The van der Waals surface area contributed by atoms with E-state index in [2.05, 4.69) is 36.5 Å². The van der Waals surface area contributed by atoms with Gasteiger partial charge in [0.25, 0.3) is 0 Å². The number of nitrogens with one attached hydrogen (secondary N) is 1. The molecule has 1 atom stereocenters. The standard InChI is InChI=1S/C16H15NO/c1-11-5-4-7-13(9-11)16-14-8-3-2-6-12(14)10-15(18)17-16/h2-9,16H,10H2,1H3,(H,17,18). The molecule has 2 aromatic carbocycles. The number of aryl methyl sites for hydroxylation is 1. The van der Waals surface area contributed by atoms with Gasteiger partial charge in [-0.3, -0.25) is 4.79 Å². The summed E-state index contributed by atoms with van der Waals surface area (Å²) in [4.78, 5) is 11.8. The summed E-state index contributed by atoms with van der Waals surface area (Å²) in [5.74, 6) is 0.0974. The van der Waals surface area contributed by atoms with Crippen LogP contribution in [0.4, 0.5) is 0 Å². The van der Waals surface area contributed by atoms with E-state index in [-0.39, 0.29) is 11.9 Å². The fraction of sp³-hybridized carbons (Fsp3) is 0.188. The van der Waals surface area contributed by atoms with Gasteiger partial charge < -0.3 is 5.32 Å². The van der Waals surface area contributed by atoms with Crippen molar-refractivity contribution in [3.05, 3.63) is 70.8 Å². The van der Waals surface area contributed by atoms with Crippen LogP contribution in [0.1, 0.15) is 28.3 Å². The zero-order chi connectivity index (χ0) is 12.5. The highest BCUT2D eigenvalue weighted by atomic mass is 16.1. The Labute approximate surface area is 107 Å². The van der Waals surface area contributed by atoms with Crippen molar-refractivity contribution in [1.82, 2.24) is 5.32 Å². The molecule has 0 bridgehead atoms. The lowest BCUT2D eigenvalue weighted by atomic mass is 9.89. The van der Waals surface area contributed by atoms with Crippen LogP contribution in [0.15, 0.2) is 48.5 Å². The van der Waals surface area contributed by atoms with Crippen LogP contribution in [0.3, 0.4) is 0 Å². The highest BCUT2D eigenvalue weighted by Gasteiger charge is 2.24. The summed E-state index contributed by atoms with van der Waals surface area (Å²) in [6.07, 6.45) is 0.485. The molecular weight excluding hydrogens is 222 g/mol. The topological polar surface area (TPSA) is 29.1 Å². The number of rotatable bonds is 1. The van der Waals surface area contributed by atoms with Gasteiger partial charge in [0.15, 0.2) is 0 Å². The molecule has 0 aliphatic carbocycles. The predicted octanol–water partition coefficient (Wildman–Crippen LogP) is 2.76. The third-order valence-corrected chi connectivity index (χ3v) is 3.40. The van der Waals surface area contributed by atoms with Gasteiger partial charge in [0.05, 0.1) is 12.5 Å². The summed E-state index contributed by atoms with van der Waals surface area (Å²) in [7, 11) is 0. The Kier molecular flexibility index (Phi) is 2.63. The number of benzene rings is 2. The van der Waals surface area contributed by atoms with E-state index < -0.39 is 0 Å². The summed E-state index contributed by atoms with van der Waals surface area (Å²) >= 11 is 0. The highest BCUT2D eigenvalue weighted by Crippen LogP contribution is 2.29. The molecule has 0 spiro atoms. The van der Waals surface area contributed by atoms with Crippen molar-refractivity contribution in [3.8, 4) is 0 Å². The van der Waals surface area contributed by atoms with Crippen LogP contribution in [-0.2, 0) is 11.2 Å². The lowest BCUT2D eigenvalue weighted by molar-refractivity contribution is -0.121. The monoisotopic (exact) mass is 237 g/mol. The Bertz CT molecular complexity index is 604. The van der Waals surface area contributed by atoms with E-state index in [1.54, 1.807) is 0 Å². The third kappa shape index (κ3) is 1.90. The van der Waals surface area contributed by atoms with Crippen LogP contribution in [0.2, 0.25) is 0 Å². The van der Waals surface area contributed by atoms with Gasteiger partial charge in [-0.2, -0.15) is 0 Å². The maximum absolute atomic E-state index is 11.8. The molecule has 0 saturated heterocycles. The quantitative estimate of drug-likeness (QED) is 0.811. The molecule has 2 heteroatoms. The number of fused-ring (bicyclic) bond motifs is 1. The maximum atomic E-state index is 11.8. The largest absolute Gasteiger partial charge is 0.345 e. The Morgan fingerprint density at radius 2 is 1.94 bits per heavy atom. The number of hydrogen-bond acceptors (Lipinski definition) is 1. The van der Waals surface area contributed by atoms with Gasteiger partial charge >= 0.3 is 0 Å². The number of carbonyl (C=O) groups excluding carboxylic acids is 1. The zero-order valence-electron chi connectivity index (χ0n) is 10.3. The van der Waals surface area contributed by atoms with Crippen molar-refractivity contribution in [1.29, 1.82) is 0 Å². The second kappa shape index (κ2) is 4.30. The average molecular weight is 237 g/mol. The Hall–Kier alpha value is -2.09. The molecule has 1 heterocycles. The maximum Gasteiger partial charge on any atom is 0.225 e. The Balaban J connectivity index is 2.10. The molecule has 1 aliphatic rings. The first-order valence-electron chi connectivity index (χ1n) is 6.18. The van der Waals surface area contributed by atoms with Crippen LogP contribution in [-0.4, -0.2) is 5.91 Å². The first kappa shape index (κ1) is 11.0. The smallest absolute Gasteiger partial charge is 0.225 e. The predicted molar refractivity (Wildman–Crippen MR) is 71.3 cm³/mol. The van der Waals surface area contributed by atoms with Gasteiger partial charge in [-0.15, -0.1) is 0 Å². The van der Waals surface area contributed by atoms with Gasteiger partial charge in [0, 0.05) is 0 Å². The van der Waals surface area contributed by atoms with Crippen LogP contribution < -0.4 is 5.32 Å². The molecule has 1 aliphatic heterocycles. The Morgan fingerprint density at radius 1 is 1.11 bits per heavy atom.